The second kappa shape index (κ2) is 5.81. The van der Waals surface area contributed by atoms with E-state index in [4.69, 9.17) is 0 Å². The van der Waals surface area contributed by atoms with Gasteiger partial charge in [-0.15, -0.1) is 0 Å². The van der Waals surface area contributed by atoms with E-state index >= 15 is 0 Å². The molecule has 0 aliphatic heterocycles. The van der Waals surface area contributed by atoms with Gasteiger partial charge in [0.2, 0.25) is 0 Å². The molecular weight excluding hydrogens is 208 g/mol. The highest BCUT2D eigenvalue weighted by Gasteiger charge is 2.11. The Morgan fingerprint density at radius 3 is 2.59 bits per heavy atom. The lowest BCUT2D eigenvalue weighted by Gasteiger charge is -2.11. The Morgan fingerprint density at radius 2 is 1.94 bits per heavy atom. The van der Waals surface area contributed by atoms with E-state index in [1.165, 1.54) is 24.0 Å². The van der Waals surface area contributed by atoms with E-state index in [0.29, 0.717) is 12.2 Å². The average Bonchev–Trinajstić information content (AvgIpc) is 2.39. The lowest BCUT2D eigenvalue weighted by atomic mass is 9.93. The van der Waals surface area contributed by atoms with Crippen molar-refractivity contribution in [3.05, 3.63) is 47.0 Å². The molecule has 0 saturated heterocycles. The Labute approximate surface area is 104 Å². The van der Waals surface area contributed by atoms with E-state index in [1.54, 1.807) is 0 Å². The van der Waals surface area contributed by atoms with Crippen molar-refractivity contribution in [2.24, 2.45) is 0 Å². The highest BCUT2D eigenvalue weighted by Crippen LogP contribution is 2.19. The van der Waals surface area contributed by atoms with Crippen molar-refractivity contribution >= 4 is 5.78 Å². The van der Waals surface area contributed by atoms with Gasteiger partial charge < -0.3 is 0 Å². The summed E-state index contributed by atoms with van der Waals surface area (Å²) in [5.74, 6) is 0.352. The average molecular weight is 228 g/mol. The molecule has 1 aliphatic carbocycles. The summed E-state index contributed by atoms with van der Waals surface area (Å²) in [7, 11) is 0. The summed E-state index contributed by atoms with van der Waals surface area (Å²) < 4.78 is 0. The summed E-state index contributed by atoms with van der Waals surface area (Å²) in [5, 5.41) is 0. The Kier molecular flexibility index (Phi) is 4.13. The fourth-order valence-electron chi connectivity index (χ4n) is 2.26. The van der Waals surface area contributed by atoms with Crippen LogP contribution >= 0.6 is 0 Å². The summed E-state index contributed by atoms with van der Waals surface area (Å²) in [4.78, 5) is 12.0. The van der Waals surface area contributed by atoms with Crippen LogP contribution in [0.5, 0.6) is 0 Å². The molecule has 1 aliphatic rings. The predicted octanol–water partition coefficient (Wildman–Crippen LogP) is 4.00. The van der Waals surface area contributed by atoms with E-state index in [9.17, 15) is 4.79 Å². The molecule has 0 bridgehead atoms. The molecule has 0 N–H and O–H groups in total. The molecule has 1 heteroatoms. The maximum absolute atomic E-state index is 12.0. The summed E-state index contributed by atoms with van der Waals surface area (Å²) in [6.45, 7) is 2.09. The van der Waals surface area contributed by atoms with Crippen LogP contribution in [0, 0.1) is 6.92 Å². The fourth-order valence-corrected chi connectivity index (χ4v) is 2.26. The fraction of sp³-hybridized carbons (Fsp3) is 0.438. The van der Waals surface area contributed by atoms with Gasteiger partial charge in [-0.25, -0.2) is 0 Å². The molecule has 0 unspecified atom stereocenters. The summed E-state index contributed by atoms with van der Waals surface area (Å²) in [5.41, 5.74) is 3.61. The van der Waals surface area contributed by atoms with Crippen LogP contribution < -0.4 is 0 Å². The van der Waals surface area contributed by atoms with Gasteiger partial charge in [-0.05, 0) is 50.2 Å². The Balaban J connectivity index is 1.87. The molecule has 90 valence electrons. The first kappa shape index (κ1) is 12.1. The van der Waals surface area contributed by atoms with E-state index in [2.05, 4.69) is 37.3 Å². The zero-order valence-corrected chi connectivity index (χ0v) is 10.5. The molecule has 0 saturated carbocycles. The Bertz CT molecular complexity index is 412. The zero-order valence-electron chi connectivity index (χ0n) is 10.5. The van der Waals surface area contributed by atoms with Gasteiger partial charge in [0.15, 0.2) is 5.78 Å². The van der Waals surface area contributed by atoms with Crippen LogP contribution in [0.15, 0.2) is 35.9 Å². The van der Waals surface area contributed by atoms with Crippen molar-refractivity contribution in [1.82, 2.24) is 0 Å². The quantitative estimate of drug-likeness (QED) is 0.761. The van der Waals surface area contributed by atoms with Gasteiger partial charge in [0, 0.05) is 6.42 Å². The predicted molar refractivity (Wildman–Crippen MR) is 71.1 cm³/mol. The third-order valence-corrected chi connectivity index (χ3v) is 3.41. The molecule has 0 amide bonds. The van der Waals surface area contributed by atoms with Gasteiger partial charge in [-0.2, -0.15) is 0 Å². The number of allylic oxidation sites excluding steroid dienone is 2. The van der Waals surface area contributed by atoms with Crippen molar-refractivity contribution in [2.75, 3.05) is 0 Å². The first-order valence-electron chi connectivity index (χ1n) is 6.53. The second-order valence-electron chi connectivity index (χ2n) is 4.88. The van der Waals surface area contributed by atoms with Crippen molar-refractivity contribution in [3.63, 3.8) is 0 Å². The van der Waals surface area contributed by atoms with Gasteiger partial charge in [-0.1, -0.05) is 35.9 Å². The van der Waals surface area contributed by atoms with Gasteiger partial charge in [-0.3, -0.25) is 4.79 Å². The molecule has 1 aromatic rings. The number of carbonyl (C=O) groups is 1. The van der Waals surface area contributed by atoms with Gasteiger partial charge in [0.05, 0.1) is 0 Å². The van der Waals surface area contributed by atoms with Crippen LogP contribution in [0.4, 0.5) is 0 Å². The third kappa shape index (κ3) is 3.55. The number of ketones is 1. The molecule has 0 radical (unpaired) electrons. The number of Topliss-reactive ketones (excluding diaryl/α,β-unsaturated/α-hetero) is 1. The maximum atomic E-state index is 12.0. The van der Waals surface area contributed by atoms with Gasteiger partial charge in [0.1, 0.15) is 0 Å². The minimum atomic E-state index is 0.352. The monoisotopic (exact) mass is 228 g/mol. The highest BCUT2D eigenvalue weighted by atomic mass is 16.1. The van der Waals surface area contributed by atoms with E-state index in [-0.39, 0.29) is 0 Å². The molecule has 0 fully saturated rings. The highest BCUT2D eigenvalue weighted by molar-refractivity contribution is 5.95. The molecule has 0 atom stereocenters. The summed E-state index contributed by atoms with van der Waals surface area (Å²) >= 11 is 0. The van der Waals surface area contributed by atoms with Crippen molar-refractivity contribution < 1.29 is 4.79 Å². The normalized spacial score (nSPS) is 15.5. The molecule has 0 aromatic heterocycles. The van der Waals surface area contributed by atoms with Gasteiger partial charge >= 0.3 is 0 Å². The molecule has 1 nitrogen and oxygen atoms in total. The molecule has 17 heavy (non-hydrogen) atoms. The second-order valence-corrected chi connectivity index (χ2v) is 4.88. The van der Waals surface area contributed by atoms with Crippen LogP contribution in [0.1, 0.15) is 43.2 Å². The number of aryl methyl sites for hydroxylation is 2. The SMILES string of the molecule is Cc1ccc(CCC(=O)C2=CCCCC2)cc1. The van der Waals surface area contributed by atoms with Crippen LogP contribution in [-0.2, 0) is 11.2 Å². The smallest absolute Gasteiger partial charge is 0.158 e. The van der Waals surface area contributed by atoms with E-state index in [1.807, 2.05) is 0 Å². The standard InChI is InChI=1S/C16H20O/c1-13-7-9-14(10-8-13)11-12-16(17)15-5-3-2-4-6-15/h5,7-10H,2-4,6,11-12H2,1H3. The number of hydrogen-bond acceptors (Lipinski definition) is 1. The molecule has 0 spiro atoms. The van der Waals surface area contributed by atoms with Crippen molar-refractivity contribution in [3.8, 4) is 0 Å². The lowest BCUT2D eigenvalue weighted by Crippen LogP contribution is -2.07. The maximum Gasteiger partial charge on any atom is 0.158 e. The molecule has 2 rings (SSSR count). The lowest BCUT2D eigenvalue weighted by molar-refractivity contribution is -0.115. The Hall–Kier alpha value is -1.37. The van der Waals surface area contributed by atoms with Crippen LogP contribution in [0.25, 0.3) is 0 Å². The summed E-state index contributed by atoms with van der Waals surface area (Å²) in [6.07, 6.45) is 8.18. The van der Waals surface area contributed by atoms with Crippen LogP contribution in [0.2, 0.25) is 0 Å². The van der Waals surface area contributed by atoms with Gasteiger partial charge in [0.25, 0.3) is 0 Å². The number of carbonyl (C=O) groups excluding carboxylic acids is 1. The largest absolute Gasteiger partial charge is 0.295 e. The summed E-state index contributed by atoms with van der Waals surface area (Å²) in [6, 6.07) is 8.47. The number of benzene rings is 1. The van der Waals surface area contributed by atoms with E-state index < -0.39 is 0 Å². The topological polar surface area (TPSA) is 17.1 Å². The third-order valence-electron chi connectivity index (χ3n) is 3.41. The van der Waals surface area contributed by atoms with Crippen LogP contribution in [-0.4, -0.2) is 5.78 Å². The zero-order chi connectivity index (χ0) is 12.1. The number of rotatable bonds is 4. The molecule has 1 aromatic carbocycles. The first-order valence-corrected chi connectivity index (χ1v) is 6.53. The number of hydrogen-bond donors (Lipinski definition) is 0. The molecular formula is C16H20O. The minimum absolute atomic E-state index is 0.352. The molecule has 0 heterocycles. The Morgan fingerprint density at radius 1 is 1.18 bits per heavy atom. The van der Waals surface area contributed by atoms with Crippen molar-refractivity contribution in [1.29, 1.82) is 0 Å². The van der Waals surface area contributed by atoms with Crippen molar-refractivity contribution in [2.45, 2.75) is 45.4 Å². The minimum Gasteiger partial charge on any atom is -0.295 e. The van der Waals surface area contributed by atoms with Crippen LogP contribution in [0.3, 0.4) is 0 Å². The first-order chi connectivity index (χ1) is 8.25. The van der Waals surface area contributed by atoms with E-state index in [0.717, 1.165) is 24.8 Å².